The van der Waals surface area contributed by atoms with Gasteiger partial charge in [0.05, 0.1) is 11.7 Å². The lowest BCUT2D eigenvalue weighted by Gasteiger charge is -2.39. The van der Waals surface area contributed by atoms with Gasteiger partial charge in [-0.3, -0.25) is 14.5 Å². The van der Waals surface area contributed by atoms with Gasteiger partial charge >= 0.3 is 11.8 Å². The summed E-state index contributed by atoms with van der Waals surface area (Å²) in [5, 5.41) is 5.67. The molecule has 0 saturated carbocycles. The lowest BCUT2D eigenvalue weighted by Crippen LogP contribution is -2.49. The Morgan fingerprint density at radius 2 is 1.76 bits per heavy atom. The molecule has 2 amide bonds. The van der Waals surface area contributed by atoms with Gasteiger partial charge in [-0.2, -0.15) is 0 Å². The fraction of sp³-hybridized carbons (Fsp3) is 0.462. The molecule has 2 aromatic carbocycles. The molecule has 34 heavy (non-hydrogen) atoms. The molecule has 2 aromatic rings. The van der Waals surface area contributed by atoms with Crippen molar-refractivity contribution in [3.8, 4) is 0 Å². The Bertz CT molecular complexity index is 1020. The number of benzene rings is 2. The number of amides is 2. The van der Waals surface area contributed by atoms with Crippen LogP contribution >= 0.6 is 11.8 Å². The van der Waals surface area contributed by atoms with Crippen molar-refractivity contribution in [2.45, 2.75) is 23.8 Å². The summed E-state index contributed by atoms with van der Waals surface area (Å²) in [7, 11) is 4.28. The maximum absolute atomic E-state index is 12.7. The Morgan fingerprint density at radius 3 is 2.53 bits per heavy atom. The second-order valence-electron chi connectivity index (χ2n) is 9.13. The van der Waals surface area contributed by atoms with Gasteiger partial charge in [0.1, 0.15) is 0 Å². The minimum absolute atomic E-state index is 0.0291. The Labute approximate surface area is 206 Å². The van der Waals surface area contributed by atoms with Gasteiger partial charge in [0.2, 0.25) is 0 Å². The molecule has 1 saturated heterocycles. The highest BCUT2D eigenvalue weighted by atomic mass is 32.2. The predicted octanol–water partition coefficient (Wildman–Crippen LogP) is 2.83. The molecular formula is C26H35N5O2S. The zero-order chi connectivity index (χ0) is 24.1. The van der Waals surface area contributed by atoms with Crippen molar-refractivity contribution in [2.75, 3.05) is 69.8 Å². The van der Waals surface area contributed by atoms with E-state index in [9.17, 15) is 9.59 Å². The highest BCUT2D eigenvalue weighted by molar-refractivity contribution is 7.98. The van der Waals surface area contributed by atoms with Crippen molar-refractivity contribution in [1.82, 2.24) is 15.1 Å². The first kappa shape index (κ1) is 24.6. The molecule has 0 radical (unpaired) electrons. The molecule has 2 N–H and O–H groups in total. The molecule has 182 valence electrons. The Kier molecular flexibility index (Phi) is 8.13. The largest absolute Gasteiger partial charge is 0.374 e. The van der Waals surface area contributed by atoms with E-state index in [1.165, 1.54) is 28.6 Å². The fourth-order valence-electron chi connectivity index (χ4n) is 4.80. The zero-order valence-corrected chi connectivity index (χ0v) is 21.2. The van der Waals surface area contributed by atoms with Crippen LogP contribution in [-0.2, 0) is 16.0 Å². The first-order valence-electron chi connectivity index (χ1n) is 11.9. The number of fused-ring (bicyclic) bond motifs is 1. The van der Waals surface area contributed by atoms with Crippen molar-refractivity contribution in [3.05, 3.63) is 53.6 Å². The highest BCUT2D eigenvalue weighted by Crippen LogP contribution is 2.31. The second kappa shape index (κ2) is 11.3. The molecule has 2 aliphatic heterocycles. The number of anilines is 2. The lowest BCUT2D eigenvalue weighted by atomic mass is 9.95. The average molecular weight is 482 g/mol. The number of aryl methyl sites for hydroxylation is 1. The summed E-state index contributed by atoms with van der Waals surface area (Å²) in [6, 6.07) is 14.2. The molecule has 8 heteroatoms. The standard InChI is InChI=1S/C26H35N5O2S/c1-29-13-15-31(16-14-29)23(20-10-11-22-19(17-20)7-6-12-30(22)2)18-27-25(32)26(33)28-21-8-4-5-9-24(21)34-3/h4-5,8-11,17,23H,6-7,12-16,18H2,1-3H3,(H,27,32)(H,28,33). The Morgan fingerprint density at radius 1 is 1.00 bits per heavy atom. The summed E-state index contributed by atoms with van der Waals surface area (Å²) in [4.78, 5) is 33.3. The van der Waals surface area contributed by atoms with Crippen LogP contribution < -0.4 is 15.5 Å². The molecule has 4 rings (SSSR count). The van der Waals surface area contributed by atoms with Crippen molar-refractivity contribution in [2.24, 2.45) is 0 Å². The summed E-state index contributed by atoms with van der Waals surface area (Å²) in [6.45, 7) is 5.32. The van der Waals surface area contributed by atoms with E-state index in [0.29, 0.717) is 12.2 Å². The first-order chi connectivity index (χ1) is 16.5. The molecule has 0 aliphatic carbocycles. The minimum Gasteiger partial charge on any atom is -0.374 e. The number of rotatable bonds is 6. The highest BCUT2D eigenvalue weighted by Gasteiger charge is 2.27. The van der Waals surface area contributed by atoms with E-state index < -0.39 is 11.8 Å². The number of hydrogen-bond acceptors (Lipinski definition) is 6. The maximum atomic E-state index is 12.7. The number of carbonyl (C=O) groups is 2. The molecule has 0 spiro atoms. The Balaban J connectivity index is 1.47. The third-order valence-corrected chi connectivity index (χ3v) is 7.63. The van der Waals surface area contributed by atoms with Gasteiger partial charge in [0.25, 0.3) is 0 Å². The molecule has 2 heterocycles. The van der Waals surface area contributed by atoms with E-state index in [4.69, 9.17) is 0 Å². The molecule has 7 nitrogen and oxygen atoms in total. The van der Waals surface area contributed by atoms with Crippen LogP contribution in [0.3, 0.4) is 0 Å². The number of likely N-dealkylation sites (N-methyl/N-ethyl adjacent to an activating group) is 1. The maximum Gasteiger partial charge on any atom is 0.313 e. The molecule has 2 aliphatic rings. The Hall–Kier alpha value is -2.55. The second-order valence-corrected chi connectivity index (χ2v) is 9.98. The molecule has 0 aromatic heterocycles. The number of thioether (sulfide) groups is 1. The van der Waals surface area contributed by atoms with Gasteiger partial charge in [0, 0.05) is 56.9 Å². The molecular weight excluding hydrogens is 446 g/mol. The number of piperazine rings is 1. The van der Waals surface area contributed by atoms with Crippen LogP contribution in [0.1, 0.15) is 23.6 Å². The number of nitrogens with zero attached hydrogens (tertiary/aromatic N) is 3. The van der Waals surface area contributed by atoms with Crippen LogP contribution in [0.15, 0.2) is 47.4 Å². The number of para-hydroxylation sites is 1. The fourth-order valence-corrected chi connectivity index (χ4v) is 5.35. The van der Waals surface area contributed by atoms with Crippen LogP contribution in [0.4, 0.5) is 11.4 Å². The monoisotopic (exact) mass is 481 g/mol. The quantitative estimate of drug-likeness (QED) is 0.489. The molecule has 0 bridgehead atoms. The van der Waals surface area contributed by atoms with Crippen molar-refractivity contribution in [3.63, 3.8) is 0 Å². The normalized spacial score (nSPS) is 17.7. The smallest absolute Gasteiger partial charge is 0.313 e. The van der Waals surface area contributed by atoms with E-state index in [1.807, 2.05) is 30.5 Å². The van der Waals surface area contributed by atoms with Gasteiger partial charge in [-0.25, -0.2) is 0 Å². The third-order valence-electron chi connectivity index (χ3n) is 6.84. The summed E-state index contributed by atoms with van der Waals surface area (Å²) >= 11 is 1.53. The van der Waals surface area contributed by atoms with Gasteiger partial charge in [-0.1, -0.05) is 24.3 Å². The zero-order valence-electron chi connectivity index (χ0n) is 20.3. The minimum atomic E-state index is -0.634. The number of carbonyl (C=O) groups excluding carboxylic acids is 2. The van der Waals surface area contributed by atoms with E-state index in [0.717, 1.165) is 50.5 Å². The van der Waals surface area contributed by atoms with Gasteiger partial charge in [0.15, 0.2) is 0 Å². The first-order valence-corrected chi connectivity index (χ1v) is 13.2. The van der Waals surface area contributed by atoms with E-state index in [-0.39, 0.29) is 6.04 Å². The number of nitrogens with one attached hydrogen (secondary N) is 2. The van der Waals surface area contributed by atoms with E-state index in [2.05, 4.69) is 57.6 Å². The SMILES string of the molecule is CSc1ccccc1NC(=O)C(=O)NCC(c1ccc2c(c1)CCCN2C)N1CCN(C)CC1. The van der Waals surface area contributed by atoms with E-state index in [1.54, 1.807) is 0 Å². The van der Waals surface area contributed by atoms with E-state index >= 15 is 0 Å². The molecule has 1 atom stereocenters. The lowest BCUT2D eigenvalue weighted by molar-refractivity contribution is -0.136. The number of hydrogen-bond donors (Lipinski definition) is 2. The van der Waals surface area contributed by atoms with Crippen LogP contribution in [0.2, 0.25) is 0 Å². The van der Waals surface area contributed by atoms with Gasteiger partial charge < -0.3 is 20.4 Å². The predicted molar refractivity (Wildman–Crippen MR) is 140 cm³/mol. The van der Waals surface area contributed by atoms with Crippen LogP contribution in [0.5, 0.6) is 0 Å². The average Bonchev–Trinajstić information content (AvgIpc) is 2.85. The van der Waals surface area contributed by atoms with Crippen LogP contribution in [-0.4, -0.2) is 81.2 Å². The third kappa shape index (κ3) is 5.74. The van der Waals surface area contributed by atoms with Crippen LogP contribution in [0.25, 0.3) is 0 Å². The summed E-state index contributed by atoms with van der Waals surface area (Å²) in [5.74, 6) is -1.24. The summed E-state index contributed by atoms with van der Waals surface area (Å²) in [5.41, 5.74) is 4.52. The van der Waals surface area contributed by atoms with Crippen molar-refractivity contribution < 1.29 is 9.59 Å². The van der Waals surface area contributed by atoms with Crippen molar-refractivity contribution >= 4 is 35.0 Å². The molecule has 1 unspecified atom stereocenters. The van der Waals surface area contributed by atoms with Gasteiger partial charge in [-0.15, -0.1) is 11.8 Å². The van der Waals surface area contributed by atoms with Crippen molar-refractivity contribution in [1.29, 1.82) is 0 Å². The summed E-state index contributed by atoms with van der Waals surface area (Å²) < 4.78 is 0. The topological polar surface area (TPSA) is 67.9 Å². The summed E-state index contributed by atoms with van der Waals surface area (Å²) in [6.07, 6.45) is 4.18. The molecule has 1 fully saturated rings. The van der Waals surface area contributed by atoms with Crippen LogP contribution in [0, 0.1) is 0 Å². The van der Waals surface area contributed by atoms with Gasteiger partial charge in [-0.05, 0) is 55.5 Å².